The Morgan fingerprint density at radius 3 is 2.36 bits per heavy atom. The van der Waals surface area contributed by atoms with E-state index in [1.165, 1.54) is 16.8 Å². The van der Waals surface area contributed by atoms with Gasteiger partial charge >= 0.3 is 0 Å². The molecule has 1 aliphatic carbocycles. The largest absolute Gasteiger partial charge is 0.398 e. The molecule has 0 unspecified atom stereocenters. The number of alkyl halides is 2. The summed E-state index contributed by atoms with van der Waals surface area (Å²) >= 11 is 0. The summed E-state index contributed by atoms with van der Waals surface area (Å²) in [6.45, 7) is 11.5. The summed E-state index contributed by atoms with van der Waals surface area (Å²) in [6, 6.07) is 17.4. The van der Waals surface area contributed by atoms with E-state index in [-0.39, 0.29) is 17.4 Å². The molecule has 0 spiro atoms. The van der Waals surface area contributed by atoms with Crippen molar-refractivity contribution in [2.24, 2.45) is 22.6 Å². The smallest absolute Gasteiger partial charge is 0.292 e. The number of carbonyl (C=O) groups excluding carboxylic acids is 1. The molecule has 2 N–H and O–H groups in total. The minimum Gasteiger partial charge on any atom is -0.398 e. The molecule has 1 aliphatic rings. The summed E-state index contributed by atoms with van der Waals surface area (Å²) in [7, 11) is 0. The second kappa shape index (κ2) is 14.7. The van der Waals surface area contributed by atoms with Gasteiger partial charge < -0.3 is 10.5 Å². The molecule has 1 fully saturated rings. The van der Waals surface area contributed by atoms with Crippen LogP contribution in [0.25, 0.3) is 16.6 Å². The number of nitrogens with two attached hydrogens (primary N) is 1. The molecule has 8 heteroatoms. The van der Waals surface area contributed by atoms with Crippen molar-refractivity contribution in [1.82, 2.24) is 14.8 Å². The second-order valence-corrected chi connectivity index (χ2v) is 11.9. The van der Waals surface area contributed by atoms with Crippen LogP contribution in [0.15, 0.2) is 77.4 Å². The number of hydrogen-bond acceptors (Lipinski definition) is 5. The third-order valence-electron chi connectivity index (χ3n) is 8.45. The number of carbonyl (C=O) groups is 1. The van der Waals surface area contributed by atoms with Crippen LogP contribution in [-0.2, 0) is 17.3 Å². The number of rotatable bonds is 9. The number of fused-ring (bicyclic) bond motifs is 1. The highest BCUT2D eigenvalue weighted by molar-refractivity contribution is 6.08. The molecule has 2 aromatic carbocycles. The summed E-state index contributed by atoms with van der Waals surface area (Å²) in [4.78, 5) is 21.0. The second-order valence-electron chi connectivity index (χ2n) is 11.9. The van der Waals surface area contributed by atoms with E-state index >= 15 is 8.78 Å². The Balaban J connectivity index is 0.00000226. The fourth-order valence-corrected chi connectivity index (χ4v) is 6.16. The minimum absolute atomic E-state index is 0.0498. The van der Waals surface area contributed by atoms with Crippen molar-refractivity contribution in [2.75, 3.05) is 0 Å². The van der Waals surface area contributed by atoms with Crippen LogP contribution in [0, 0.1) is 18.8 Å². The zero-order chi connectivity index (χ0) is 32.7. The average Bonchev–Trinajstić information content (AvgIpc) is 3.45. The van der Waals surface area contributed by atoms with Crippen molar-refractivity contribution in [3.63, 3.8) is 0 Å². The number of hydrogen-bond donors (Lipinski definition) is 1. The van der Waals surface area contributed by atoms with Crippen LogP contribution >= 0.6 is 0 Å². The number of aromatic nitrogens is 3. The number of benzene rings is 2. The minimum atomic E-state index is -3.08. The number of halogens is 2. The molecule has 238 valence electrons. The van der Waals surface area contributed by atoms with Gasteiger partial charge in [0.15, 0.2) is 0 Å². The van der Waals surface area contributed by atoms with Gasteiger partial charge in [-0.1, -0.05) is 70.2 Å². The van der Waals surface area contributed by atoms with Gasteiger partial charge in [-0.05, 0) is 69.2 Å². The van der Waals surface area contributed by atoms with E-state index in [4.69, 9.17) is 15.7 Å². The van der Waals surface area contributed by atoms with E-state index < -0.39 is 12.5 Å². The first kappa shape index (κ1) is 33.7. The highest BCUT2D eigenvalue weighted by Crippen LogP contribution is 2.36. The Labute approximate surface area is 265 Å². The number of aldehydes is 1. The quantitative estimate of drug-likeness (QED) is 0.151. The lowest BCUT2D eigenvalue weighted by atomic mass is 9.81. The molecule has 6 nitrogen and oxygen atoms in total. The van der Waals surface area contributed by atoms with Gasteiger partial charge in [-0.2, -0.15) is 13.9 Å². The number of allylic oxidation sites excluding steroid dienone is 1. The van der Waals surface area contributed by atoms with Gasteiger partial charge in [-0.25, -0.2) is 0 Å². The molecule has 0 radical (unpaired) electrons. The van der Waals surface area contributed by atoms with Crippen molar-refractivity contribution in [3.05, 3.63) is 94.9 Å². The molecule has 5 rings (SSSR count). The summed E-state index contributed by atoms with van der Waals surface area (Å²) in [5.74, 6) is -2.49. The average molecular weight is 614 g/mol. The maximum Gasteiger partial charge on any atom is 0.292 e. The van der Waals surface area contributed by atoms with Crippen LogP contribution in [0.1, 0.15) is 88.7 Å². The Kier molecular flexibility index (Phi) is 11.0. The lowest BCUT2D eigenvalue weighted by molar-refractivity contribution is -0.111. The summed E-state index contributed by atoms with van der Waals surface area (Å²) in [5.41, 5.74) is 13.0. The lowest BCUT2D eigenvalue weighted by Crippen LogP contribution is -2.21. The molecule has 0 bridgehead atoms. The predicted octanol–water partition coefficient (Wildman–Crippen LogP) is 9.15. The van der Waals surface area contributed by atoms with Gasteiger partial charge in [-0.3, -0.25) is 14.7 Å². The molecular formula is C37H45F2N5O. The van der Waals surface area contributed by atoms with Gasteiger partial charge in [-0.15, -0.1) is 0 Å². The van der Waals surface area contributed by atoms with Gasteiger partial charge in [0.2, 0.25) is 0 Å². The Bertz CT molecular complexity index is 1660. The van der Waals surface area contributed by atoms with Gasteiger partial charge in [0.05, 0.1) is 16.9 Å². The normalized spacial score (nSPS) is 17.9. The molecular weight excluding hydrogens is 568 g/mol. The predicted molar refractivity (Wildman–Crippen MR) is 180 cm³/mol. The lowest BCUT2D eigenvalue weighted by Gasteiger charge is -2.25. The summed E-state index contributed by atoms with van der Waals surface area (Å²) in [6.07, 6.45) is 6.50. The van der Waals surface area contributed by atoms with Crippen molar-refractivity contribution in [2.45, 2.75) is 85.6 Å². The number of aliphatic imine (C=N–C) groups is 1. The summed E-state index contributed by atoms with van der Waals surface area (Å²) < 4.78 is 31.4. The van der Waals surface area contributed by atoms with Crippen molar-refractivity contribution in [3.8, 4) is 0 Å². The summed E-state index contributed by atoms with van der Waals surface area (Å²) in [5, 5.41) is 5.16. The monoisotopic (exact) mass is 613 g/mol. The molecule has 2 aromatic heterocycles. The molecule has 2 heterocycles. The molecule has 0 amide bonds. The van der Waals surface area contributed by atoms with Crippen LogP contribution in [0.3, 0.4) is 0 Å². The standard InChI is InChI=1S/C35H39F2N5O.C2H6/c1-22(2)33(24(4)40-30-17-18-31(39-23(30)3)26-15-13-25(20-43)14-16-26)34(38)28-11-8-12-32-29(28)19-42(41-32)21-35(36,37)27-9-6-5-7-10-27;1-2/h5-12,17-20,22,25-26H,13-16,21,38H2,1-4H3;1-2H3/b34-33-,40-24?;. The maximum atomic E-state index is 15.0. The first-order valence-electron chi connectivity index (χ1n) is 16.0. The van der Waals surface area contributed by atoms with Crippen LogP contribution in [0.2, 0.25) is 0 Å². The van der Waals surface area contributed by atoms with Crippen LogP contribution < -0.4 is 5.73 Å². The van der Waals surface area contributed by atoms with E-state index in [0.717, 1.165) is 65.9 Å². The van der Waals surface area contributed by atoms with E-state index in [9.17, 15) is 4.79 Å². The molecule has 0 aliphatic heterocycles. The number of pyridine rings is 1. The zero-order valence-corrected chi connectivity index (χ0v) is 27.2. The highest BCUT2D eigenvalue weighted by Gasteiger charge is 2.32. The van der Waals surface area contributed by atoms with Gasteiger partial charge in [0.25, 0.3) is 5.92 Å². The third kappa shape index (κ3) is 7.72. The van der Waals surface area contributed by atoms with E-state index in [1.807, 2.05) is 52.0 Å². The Hall–Kier alpha value is -4.20. The molecule has 1 saturated carbocycles. The zero-order valence-electron chi connectivity index (χ0n) is 27.2. The van der Waals surface area contributed by atoms with Gasteiger partial charge in [0.1, 0.15) is 12.8 Å². The van der Waals surface area contributed by atoms with Crippen molar-refractivity contribution in [1.29, 1.82) is 0 Å². The van der Waals surface area contributed by atoms with Crippen molar-refractivity contribution < 1.29 is 13.6 Å². The molecule has 4 aromatic rings. The Morgan fingerprint density at radius 2 is 1.73 bits per heavy atom. The van der Waals surface area contributed by atoms with Crippen LogP contribution in [0.5, 0.6) is 0 Å². The number of nitrogens with zero attached hydrogens (tertiary/aromatic N) is 4. The van der Waals surface area contributed by atoms with E-state index in [1.54, 1.807) is 30.5 Å². The Morgan fingerprint density at radius 1 is 1.04 bits per heavy atom. The third-order valence-corrected chi connectivity index (χ3v) is 8.45. The fourth-order valence-electron chi connectivity index (χ4n) is 6.16. The molecule has 0 saturated heterocycles. The fraction of sp³-hybridized carbons (Fsp3) is 0.405. The SMILES string of the molecule is CC.CC(=Nc1ccc(C2CCC(C=O)CC2)nc1C)/C(=C(\N)c1cccc2nn(CC(F)(F)c3ccccc3)cc12)C(C)C. The highest BCUT2D eigenvalue weighted by atomic mass is 19.3. The first-order chi connectivity index (χ1) is 21.6. The number of aryl methyl sites for hydroxylation is 1. The first-order valence-corrected chi connectivity index (χ1v) is 16.0. The van der Waals surface area contributed by atoms with E-state index in [2.05, 4.69) is 18.9 Å². The molecule has 0 atom stereocenters. The van der Waals surface area contributed by atoms with Crippen molar-refractivity contribution >= 4 is 34.3 Å². The van der Waals surface area contributed by atoms with Crippen LogP contribution in [-0.4, -0.2) is 26.8 Å². The molecule has 45 heavy (non-hydrogen) atoms. The van der Waals surface area contributed by atoms with Gasteiger partial charge in [0, 0.05) is 51.6 Å². The van der Waals surface area contributed by atoms with E-state index in [0.29, 0.717) is 22.5 Å². The maximum absolute atomic E-state index is 15.0. The van der Waals surface area contributed by atoms with Crippen LogP contribution in [0.4, 0.5) is 14.5 Å². The topological polar surface area (TPSA) is 86.2 Å².